The second kappa shape index (κ2) is 11.5. The van der Waals surface area contributed by atoms with Crippen molar-refractivity contribution in [3.05, 3.63) is 95.8 Å². The molecule has 0 aliphatic rings. The van der Waals surface area contributed by atoms with E-state index in [0.717, 1.165) is 36.9 Å². The minimum Gasteiger partial charge on any atom is -0.489 e. The molecule has 29 heavy (non-hydrogen) atoms. The normalized spacial score (nSPS) is 11.1. The molecule has 1 aromatic heterocycles. The molecule has 0 fully saturated rings. The van der Waals surface area contributed by atoms with Gasteiger partial charge in [0.05, 0.1) is 12.2 Å². The second-order valence-electron chi connectivity index (χ2n) is 6.61. The third-order valence-electron chi connectivity index (χ3n) is 4.35. The molecule has 5 heteroatoms. The summed E-state index contributed by atoms with van der Waals surface area (Å²) >= 11 is 0. The largest absolute Gasteiger partial charge is 0.489 e. The molecule has 0 bridgehead atoms. The summed E-state index contributed by atoms with van der Waals surface area (Å²) in [6, 6.07) is 24.3. The highest BCUT2D eigenvalue weighted by Crippen LogP contribution is 2.14. The van der Waals surface area contributed by atoms with Gasteiger partial charge in [-0.15, -0.1) is 0 Å². The lowest BCUT2D eigenvalue weighted by Crippen LogP contribution is -2.38. The van der Waals surface area contributed by atoms with Gasteiger partial charge in [-0.2, -0.15) is 0 Å². The molecular formula is C24H28N4O. The SMILES string of the molecule is CCNC(=NCc1ccccn1)NCCc1ccc(OCc2ccccc2)cc1. The van der Waals surface area contributed by atoms with Gasteiger partial charge >= 0.3 is 0 Å². The molecule has 0 aliphatic carbocycles. The molecule has 2 aromatic carbocycles. The van der Waals surface area contributed by atoms with Crippen LogP contribution in [0.3, 0.4) is 0 Å². The van der Waals surface area contributed by atoms with Crippen molar-refractivity contribution >= 4 is 5.96 Å². The molecule has 0 saturated carbocycles. The smallest absolute Gasteiger partial charge is 0.191 e. The summed E-state index contributed by atoms with van der Waals surface area (Å²) in [7, 11) is 0. The molecule has 3 rings (SSSR count). The molecule has 0 spiro atoms. The first-order valence-electron chi connectivity index (χ1n) is 10.0. The fraction of sp³-hybridized carbons (Fsp3) is 0.250. The van der Waals surface area contributed by atoms with Crippen molar-refractivity contribution < 1.29 is 4.74 Å². The van der Waals surface area contributed by atoms with Crippen LogP contribution in [-0.2, 0) is 19.6 Å². The van der Waals surface area contributed by atoms with Crippen molar-refractivity contribution in [2.45, 2.75) is 26.5 Å². The van der Waals surface area contributed by atoms with Crippen LogP contribution in [0.5, 0.6) is 5.75 Å². The Labute approximate surface area is 172 Å². The number of hydrogen-bond acceptors (Lipinski definition) is 3. The van der Waals surface area contributed by atoms with Gasteiger partial charge in [-0.05, 0) is 48.7 Å². The van der Waals surface area contributed by atoms with E-state index in [-0.39, 0.29) is 0 Å². The van der Waals surface area contributed by atoms with Crippen LogP contribution in [-0.4, -0.2) is 24.0 Å². The van der Waals surface area contributed by atoms with E-state index in [4.69, 9.17) is 4.74 Å². The summed E-state index contributed by atoms with van der Waals surface area (Å²) in [5, 5.41) is 6.65. The number of aliphatic imine (C=N–C) groups is 1. The lowest BCUT2D eigenvalue weighted by Gasteiger charge is -2.12. The average molecular weight is 389 g/mol. The fourth-order valence-electron chi connectivity index (χ4n) is 2.81. The number of benzene rings is 2. The highest BCUT2D eigenvalue weighted by Gasteiger charge is 2.00. The van der Waals surface area contributed by atoms with E-state index in [1.807, 2.05) is 48.5 Å². The first-order valence-corrected chi connectivity index (χ1v) is 10.0. The number of hydrogen-bond donors (Lipinski definition) is 2. The van der Waals surface area contributed by atoms with Crippen molar-refractivity contribution in [2.75, 3.05) is 13.1 Å². The zero-order valence-corrected chi connectivity index (χ0v) is 16.8. The van der Waals surface area contributed by atoms with Crippen LogP contribution in [0.15, 0.2) is 84.0 Å². The van der Waals surface area contributed by atoms with E-state index >= 15 is 0 Å². The number of aromatic nitrogens is 1. The summed E-state index contributed by atoms with van der Waals surface area (Å²) in [5.74, 6) is 1.69. The molecule has 0 amide bonds. The minimum atomic E-state index is 0.559. The Morgan fingerprint density at radius 3 is 2.41 bits per heavy atom. The standard InChI is InChI=1S/C24H28N4O/c1-2-25-24(28-18-22-10-6-7-16-26-22)27-17-15-20-11-13-23(14-12-20)29-19-21-8-4-3-5-9-21/h3-14,16H,2,15,17-19H2,1H3,(H2,25,27,28). The minimum absolute atomic E-state index is 0.559. The van der Waals surface area contributed by atoms with Crippen LogP contribution in [0.25, 0.3) is 0 Å². The zero-order valence-electron chi connectivity index (χ0n) is 16.8. The Morgan fingerprint density at radius 2 is 1.69 bits per heavy atom. The number of guanidine groups is 1. The Kier molecular flexibility index (Phi) is 8.08. The van der Waals surface area contributed by atoms with E-state index in [2.05, 4.69) is 51.8 Å². The Hall–Kier alpha value is -3.34. The molecule has 2 N–H and O–H groups in total. The lowest BCUT2D eigenvalue weighted by atomic mass is 10.1. The molecule has 3 aromatic rings. The molecule has 0 atom stereocenters. The van der Waals surface area contributed by atoms with Gasteiger partial charge in [0.15, 0.2) is 5.96 Å². The first kappa shape index (κ1) is 20.4. The van der Waals surface area contributed by atoms with Crippen molar-refractivity contribution in [1.29, 1.82) is 0 Å². The fourth-order valence-corrected chi connectivity index (χ4v) is 2.81. The Balaban J connectivity index is 1.44. The van der Waals surface area contributed by atoms with Gasteiger partial charge in [-0.3, -0.25) is 4.98 Å². The van der Waals surface area contributed by atoms with Crippen LogP contribution in [0.2, 0.25) is 0 Å². The van der Waals surface area contributed by atoms with E-state index in [9.17, 15) is 0 Å². The van der Waals surface area contributed by atoms with E-state index in [0.29, 0.717) is 13.2 Å². The summed E-state index contributed by atoms with van der Waals surface area (Å²) in [5.41, 5.74) is 3.38. The summed E-state index contributed by atoms with van der Waals surface area (Å²) in [4.78, 5) is 8.90. The predicted octanol–water partition coefficient (Wildman–Crippen LogP) is 3.96. The monoisotopic (exact) mass is 388 g/mol. The molecule has 0 saturated heterocycles. The zero-order chi connectivity index (χ0) is 20.2. The highest BCUT2D eigenvalue weighted by molar-refractivity contribution is 5.79. The summed E-state index contributed by atoms with van der Waals surface area (Å²) in [6.45, 7) is 4.83. The van der Waals surface area contributed by atoms with E-state index < -0.39 is 0 Å². The second-order valence-corrected chi connectivity index (χ2v) is 6.61. The van der Waals surface area contributed by atoms with Gasteiger partial charge < -0.3 is 15.4 Å². The Bertz CT molecular complexity index is 864. The predicted molar refractivity (Wildman–Crippen MR) is 118 cm³/mol. The number of rotatable bonds is 9. The lowest BCUT2D eigenvalue weighted by molar-refractivity contribution is 0.306. The molecule has 0 unspecified atom stereocenters. The van der Waals surface area contributed by atoms with E-state index in [1.54, 1.807) is 6.20 Å². The number of pyridine rings is 1. The number of ether oxygens (including phenoxy) is 1. The highest BCUT2D eigenvalue weighted by atomic mass is 16.5. The van der Waals surface area contributed by atoms with Crippen molar-refractivity contribution in [1.82, 2.24) is 15.6 Å². The Morgan fingerprint density at radius 1 is 0.897 bits per heavy atom. The van der Waals surface area contributed by atoms with Gasteiger partial charge in [0.2, 0.25) is 0 Å². The van der Waals surface area contributed by atoms with Gasteiger partial charge in [0, 0.05) is 19.3 Å². The summed E-state index contributed by atoms with van der Waals surface area (Å²) < 4.78 is 5.85. The maximum Gasteiger partial charge on any atom is 0.191 e. The van der Waals surface area contributed by atoms with Crippen LogP contribution >= 0.6 is 0 Å². The third-order valence-corrected chi connectivity index (χ3v) is 4.35. The van der Waals surface area contributed by atoms with Crippen LogP contribution < -0.4 is 15.4 Å². The quantitative estimate of drug-likeness (QED) is 0.430. The molecule has 150 valence electrons. The van der Waals surface area contributed by atoms with Gasteiger partial charge in [0.1, 0.15) is 12.4 Å². The van der Waals surface area contributed by atoms with Crippen molar-refractivity contribution in [3.63, 3.8) is 0 Å². The molecule has 0 aliphatic heterocycles. The van der Waals surface area contributed by atoms with Crippen molar-refractivity contribution in [2.24, 2.45) is 4.99 Å². The van der Waals surface area contributed by atoms with E-state index in [1.165, 1.54) is 11.1 Å². The third kappa shape index (κ3) is 7.30. The van der Waals surface area contributed by atoms with Gasteiger partial charge in [-0.1, -0.05) is 48.5 Å². The average Bonchev–Trinajstić information content (AvgIpc) is 2.78. The van der Waals surface area contributed by atoms with Gasteiger partial charge in [0.25, 0.3) is 0 Å². The van der Waals surface area contributed by atoms with Crippen LogP contribution in [0, 0.1) is 0 Å². The van der Waals surface area contributed by atoms with Crippen LogP contribution in [0.4, 0.5) is 0 Å². The summed E-state index contributed by atoms with van der Waals surface area (Å²) in [6.07, 6.45) is 2.70. The topological polar surface area (TPSA) is 58.5 Å². The molecule has 1 heterocycles. The maximum atomic E-state index is 5.85. The van der Waals surface area contributed by atoms with Gasteiger partial charge in [-0.25, -0.2) is 4.99 Å². The number of nitrogens with zero attached hydrogens (tertiary/aromatic N) is 2. The maximum absolute atomic E-state index is 5.85. The first-order chi connectivity index (χ1) is 14.3. The molecule has 5 nitrogen and oxygen atoms in total. The number of nitrogens with one attached hydrogen (secondary N) is 2. The van der Waals surface area contributed by atoms with Crippen molar-refractivity contribution in [3.8, 4) is 5.75 Å². The van der Waals surface area contributed by atoms with Crippen LogP contribution in [0.1, 0.15) is 23.7 Å². The molecule has 0 radical (unpaired) electrons. The molecular weight excluding hydrogens is 360 g/mol.